The van der Waals surface area contributed by atoms with E-state index < -0.39 is 36.7 Å². The number of aromatic amines is 1. The van der Waals surface area contributed by atoms with Gasteiger partial charge in [0.25, 0.3) is 11.4 Å². The average Bonchev–Trinajstić information content (AvgIpc) is 3.00. The molecule has 1 fully saturated rings. The Bertz CT molecular complexity index is 784. The molecule has 0 saturated carbocycles. The van der Waals surface area contributed by atoms with Crippen molar-refractivity contribution in [3.05, 3.63) is 28.4 Å². The van der Waals surface area contributed by atoms with E-state index in [1.165, 1.54) is 17.1 Å². The second kappa shape index (κ2) is 5.18. The van der Waals surface area contributed by atoms with E-state index in [1.807, 2.05) is 0 Å². The van der Waals surface area contributed by atoms with Crippen LogP contribution in [0.15, 0.2) is 17.3 Å². The van der Waals surface area contributed by atoms with Crippen LogP contribution in [-0.2, 0) is 4.74 Å². The van der Waals surface area contributed by atoms with Gasteiger partial charge < -0.3 is 29.6 Å². The molecule has 1 unspecified atom stereocenters. The molecule has 1 saturated heterocycles. The maximum atomic E-state index is 12.0. The van der Waals surface area contributed by atoms with Crippen LogP contribution in [0.2, 0.25) is 0 Å². The highest BCUT2D eigenvalue weighted by molar-refractivity contribution is 6.04. The second-order valence-corrected chi connectivity index (χ2v) is 5.06. The molecule has 2 aromatic heterocycles. The number of nitrogens with one attached hydrogen (secondary N) is 1. The van der Waals surface area contributed by atoms with E-state index in [4.69, 9.17) is 21.0 Å². The first-order valence-electron chi connectivity index (χ1n) is 6.54. The molecule has 3 rings (SSSR count). The van der Waals surface area contributed by atoms with Gasteiger partial charge in [-0.15, -0.1) is 0 Å². The molecule has 0 aliphatic carbocycles. The van der Waals surface area contributed by atoms with E-state index in [0.29, 0.717) is 0 Å². The van der Waals surface area contributed by atoms with E-state index in [-0.39, 0.29) is 22.4 Å². The Hall–Kier alpha value is -2.27. The van der Waals surface area contributed by atoms with Crippen LogP contribution in [0.1, 0.15) is 11.8 Å². The number of nitrogens with zero attached hydrogens (tertiary/aromatic N) is 2. The fourth-order valence-corrected chi connectivity index (χ4v) is 2.62. The maximum absolute atomic E-state index is 12.0. The van der Waals surface area contributed by atoms with Crippen LogP contribution in [-0.4, -0.2) is 60.6 Å². The molecule has 10 heteroatoms. The molecule has 118 valence electrons. The second-order valence-electron chi connectivity index (χ2n) is 5.06. The number of hydrogen-bond acceptors (Lipinski definition) is 6. The van der Waals surface area contributed by atoms with E-state index in [9.17, 15) is 15.0 Å². The van der Waals surface area contributed by atoms with Gasteiger partial charge in [-0.2, -0.15) is 0 Å². The zero-order chi connectivity index (χ0) is 16.0. The van der Waals surface area contributed by atoms with Gasteiger partial charge in [0.1, 0.15) is 24.0 Å². The van der Waals surface area contributed by atoms with Gasteiger partial charge in [0.2, 0.25) is 0 Å². The van der Waals surface area contributed by atoms with Crippen LogP contribution in [0.4, 0.5) is 0 Å². The van der Waals surface area contributed by atoms with E-state index in [2.05, 4.69) is 9.97 Å². The summed E-state index contributed by atoms with van der Waals surface area (Å²) in [5, 5.41) is 34.8. The Kier molecular flexibility index (Phi) is 3.45. The van der Waals surface area contributed by atoms with Crippen molar-refractivity contribution < 1.29 is 25.5 Å². The van der Waals surface area contributed by atoms with Crippen molar-refractivity contribution in [2.24, 2.45) is 5.73 Å². The number of rotatable bonds is 3. The number of nitrogens with two attached hydrogens (primary N) is 2. The Morgan fingerprint density at radius 2 is 2.23 bits per heavy atom. The Morgan fingerprint density at radius 1 is 1.50 bits per heavy atom. The van der Waals surface area contributed by atoms with Crippen LogP contribution in [0.3, 0.4) is 0 Å². The Balaban J connectivity index is 2.18. The fourth-order valence-electron chi connectivity index (χ4n) is 2.62. The molecule has 0 aromatic carbocycles. The maximum Gasteiger partial charge on any atom is 0.273 e. The number of hydrogen-bond donors (Lipinski definition) is 6. The lowest BCUT2D eigenvalue weighted by Crippen LogP contribution is -2.46. The molecular weight excluding hydrogens is 294 g/mol. The van der Waals surface area contributed by atoms with Gasteiger partial charge in [0.15, 0.2) is 6.23 Å². The molecule has 8 N–H and O–H groups in total. The van der Waals surface area contributed by atoms with Crippen molar-refractivity contribution in [3.8, 4) is 0 Å². The first-order valence-corrected chi connectivity index (χ1v) is 6.54. The van der Waals surface area contributed by atoms with E-state index in [1.54, 1.807) is 0 Å². The van der Waals surface area contributed by atoms with E-state index in [0.717, 1.165) is 0 Å². The predicted molar refractivity (Wildman–Crippen MR) is 73.6 cm³/mol. The number of H-pyrrole nitrogens is 1. The summed E-state index contributed by atoms with van der Waals surface area (Å²) in [6.45, 7) is -0.458. The molecule has 10 nitrogen and oxygen atoms in total. The van der Waals surface area contributed by atoms with Crippen molar-refractivity contribution in [2.75, 3.05) is 6.61 Å². The van der Waals surface area contributed by atoms with Crippen molar-refractivity contribution >= 4 is 16.9 Å². The molecule has 2 aromatic rings. The van der Waals surface area contributed by atoms with Gasteiger partial charge in [-0.05, 0) is 0 Å². The number of aliphatic hydroxyl groups excluding tert-OH is 3. The summed E-state index contributed by atoms with van der Waals surface area (Å²) in [5.74, 6) is -0.0889. The van der Waals surface area contributed by atoms with Gasteiger partial charge in [0.05, 0.1) is 23.9 Å². The molecule has 1 aliphatic heterocycles. The molecule has 0 bridgehead atoms. The van der Waals surface area contributed by atoms with Crippen molar-refractivity contribution in [3.63, 3.8) is 0 Å². The minimum atomic E-state index is -1.30. The lowest BCUT2D eigenvalue weighted by Gasteiger charge is -2.17. The minimum absolute atomic E-state index is 0.0889. The highest BCUT2D eigenvalue weighted by Gasteiger charge is 2.44. The zero-order valence-corrected chi connectivity index (χ0v) is 11.4. The summed E-state index contributed by atoms with van der Waals surface area (Å²) < 4.78 is 6.80. The number of aliphatic hydroxyl groups is 3. The molecule has 0 spiro atoms. The molecular formula is C12H16N5O5+. The quantitative estimate of drug-likeness (QED) is 0.246. The van der Waals surface area contributed by atoms with Crippen LogP contribution in [0.25, 0.3) is 11.0 Å². The van der Waals surface area contributed by atoms with Crippen molar-refractivity contribution in [1.82, 2.24) is 14.5 Å². The summed E-state index contributed by atoms with van der Waals surface area (Å²) >= 11 is 0. The number of amidine groups is 1. The molecule has 4 atom stereocenters. The third-order valence-corrected chi connectivity index (χ3v) is 3.72. The third-order valence-electron chi connectivity index (χ3n) is 3.72. The first kappa shape index (κ1) is 14.7. The lowest BCUT2D eigenvalue weighted by molar-refractivity contribution is -0.114. The normalized spacial score (nSPS) is 28.3. The smallest absolute Gasteiger partial charge is 0.273 e. The summed E-state index contributed by atoms with van der Waals surface area (Å²) in [4.78, 5) is 18.4. The highest BCUT2D eigenvalue weighted by atomic mass is 16.6. The van der Waals surface area contributed by atoms with Crippen molar-refractivity contribution in [1.29, 1.82) is 0 Å². The van der Waals surface area contributed by atoms with Crippen LogP contribution in [0.5, 0.6) is 0 Å². The number of ether oxygens (including phenoxy) is 1. The first-order chi connectivity index (χ1) is 10.5. The van der Waals surface area contributed by atoms with Crippen molar-refractivity contribution in [2.45, 2.75) is 24.5 Å². The van der Waals surface area contributed by atoms with Crippen LogP contribution >= 0.6 is 0 Å². The molecule has 0 radical (unpaired) electrons. The van der Waals surface area contributed by atoms with E-state index >= 15 is 0 Å². The largest absolute Gasteiger partial charge is 0.394 e. The monoisotopic (exact) mass is 310 g/mol. The molecule has 1 aliphatic rings. The molecule has 22 heavy (non-hydrogen) atoms. The van der Waals surface area contributed by atoms with Crippen LogP contribution < -0.4 is 16.7 Å². The Labute approximate surface area is 123 Å². The molecule has 0 amide bonds. The Morgan fingerprint density at radius 3 is 2.82 bits per heavy atom. The summed E-state index contributed by atoms with van der Waals surface area (Å²) in [5.41, 5.74) is 5.59. The average molecular weight is 310 g/mol. The van der Waals surface area contributed by atoms with Gasteiger partial charge in [-0.25, -0.2) is 4.98 Å². The van der Waals surface area contributed by atoms with Crippen LogP contribution in [0, 0.1) is 0 Å². The highest BCUT2D eigenvalue weighted by Crippen LogP contribution is 2.32. The third kappa shape index (κ3) is 2.01. The molecule has 3 heterocycles. The van der Waals surface area contributed by atoms with Gasteiger partial charge in [-0.1, -0.05) is 0 Å². The fraction of sp³-hybridized carbons (Fsp3) is 0.417. The standard InChI is InChI=1S/C12H15N5O5/c13-9(14)4-1-17(10-6(4)11(21)16-3-15-10)12-8(20)7(19)5(2-18)22-12/h1,3,5,7-8,12,18-20H,2H2,(H3,13,14)(H,15,16,21)/p+1/t5-,7+,8?,12-/m1/s1. The SMILES string of the molecule is NC(=[NH2+])c1cn([C@@H]2O[C@H](CO)[C@H](O)C2O)c2nc[nH]c(=O)c12. The van der Waals surface area contributed by atoms with Gasteiger partial charge in [-0.3, -0.25) is 15.9 Å². The van der Waals surface area contributed by atoms with Gasteiger partial charge in [0, 0.05) is 6.20 Å². The van der Waals surface area contributed by atoms with Gasteiger partial charge >= 0.3 is 0 Å². The summed E-state index contributed by atoms with van der Waals surface area (Å²) in [6.07, 6.45) is -1.93. The topological polar surface area (TPSA) is 172 Å². The summed E-state index contributed by atoms with van der Waals surface area (Å²) in [7, 11) is 0. The summed E-state index contributed by atoms with van der Waals surface area (Å²) in [6, 6.07) is 0. The predicted octanol–water partition coefficient (Wildman–Crippen LogP) is -4.20. The lowest BCUT2D eigenvalue weighted by atomic mass is 10.1. The number of fused-ring (bicyclic) bond motifs is 1. The number of aromatic nitrogens is 3. The zero-order valence-electron chi connectivity index (χ0n) is 11.4. The minimum Gasteiger partial charge on any atom is -0.394 e.